The third-order valence-corrected chi connectivity index (χ3v) is 5.59. The van der Waals surface area contributed by atoms with Crippen LogP contribution < -0.4 is 10.6 Å². The van der Waals surface area contributed by atoms with Gasteiger partial charge in [-0.25, -0.2) is 0 Å². The Kier molecular flexibility index (Phi) is 3.79. The molecule has 0 spiro atoms. The first-order valence-corrected chi connectivity index (χ1v) is 9.49. The number of amides is 1. The van der Waals surface area contributed by atoms with Crippen LogP contribution >= 0.6 is 0 Å². The van der Waals surface area contributed by atoms with Crippen LogP contribution in [0.4, 0.5) is 5.69 Å². The molecule has 0 radical (unpaired) electrons. The fourth-order valence-corrected chi connectivity index (χ4v) is 3.70. The third-order valence-electron chi connectivity index (χ3n) is 5.59. The summed E-state index contributed by atoms with van der Waals surface area (Å²) in [5.74, 6) is 1.48. The van der Waals surface area contributed by atoms with Crippen molar-refractivity contribution in [2.75, 3.05) is 11.9 Å². The Hall–Kier alpha value is -2.59. The molecule has 2 aromatic carbocycles. The number of aromatic amines is 1. The lowest BCUT2D eigenvalue weighted by Crippen LogP contribution is -2.20. The molecule has 4 nitrogen and oxygen atoms in total. The molecule has 1 heterocycles. The van der Waals surface area contributed by atoms with Gasteiger partial charge in [-0.3, -0.25) is 4.79 Å². The molecule has 2 atom stereocenters. The second-order valence-electron chi connectivity index (χ2n) is 7.62. The number of para-hydroxylation sites is 1. The van der Waals surface area contributed by atoms with Crippen LogP contribution in [0.15, 0.2) is 54.7 Å². The van der Waals surface area contributed by atoms with Gasteiger partial charge in [-0.15, -0.1) is 0 Å². The number of hydrogen-bond acceptors (Lipinski definition) is 2. The topological polar surface area (TPSA) is 56.9 Å². The largest absolute Gasteiger partial charge is 0.360 e. The molecule has 2 fully saturated rings. The predicted octanol–water partition coefficient (Wildman–Crippen LogP) is 4.28. The van der Waals surface area contributed by atoms with E-state index in [1.807, 2.05) is 36.4 Å². The highest BCUT2D eigenvalue weighted by Gasteiger charge is 2.38. The molecule has 2 aliphatic carbocycles. The first-order valence-electron chi connectivity index (χ1n) is 9.49. The van der Waals surface area contributed by atoms with Gasteiger partial charge in [0, 0.05) is 34.7 Å². The monoisotopic (exact) mass is 345 g/mol. The Morgan fingerprint density at radius 1 is 1.08 bits per heavy atom. The van der Waals surface area contributed by atoms with Crippen LogP contribution in [0.3, 0.4) is 0 Å². The van der Waals surface area contributed by atoms with Crippen molar-refractivity contribution in [3.63, 3.8) is 0 Å². The van der Waals surface area contributed by atoms with Gasteiger partial charge >= 0.3 is 0 Å². The van der Waals surface area contributed by atoms with Crippen LogP contribution in [0.2, 0.25) is 0 Å². The number of hydrogen-bond donors (Lipinski definition) is 3. The zero-order valence-electron chi connectivity index (χ0n) is 14.7. The van der Waals surface area contributed by atoms with E-state index >= 15 is 0 Å². The number of aromatic nitrogens is 1. The van der Waals surface area contributed by atoms with Gasteiger partial charge in [0.1, 0.15) is 0 Å². The molecule has 0 saturated heterocycles. The summed E-state index contributed by atoms with van der Waals surface area (Å²) >= 11 is 0. The van der Waals surface area contributed by atoms with Crippen molar-refractivity contribution in [1.82, 2.24) is 10.3 Å². The molecular weight excluding hydrogens is 322 g/mol. The quantitative estimate of drug-likeness (QED) is 0.625. The van der Waals surface area contributed by atoms with E-state index in [9.17, 15) is 4.79 Å². The standard InChI is InChI=1S/C22H23N3O/c26-22(19-13-24-20-4-2-1-3-17(19)20)25-16-9-7-15(8-10-16)18-11-21(18)23-12-14-5-6-14/h1-4,7-10,13-14,18,21,23-24H,5-6,11-12H2,(H,25,26). The molecular formula is C22H23N3O. The number of benzene rings is 2. The molecule has 5 rings (SSSR count). The SMILES string of the molecule is O=C(Nc1ccc(C2CC2NCC2CC2)cc1)c1c[nH]c2ccccc12. The fraction of sp³-hybridized carbons (Fsp3) is 0.318. The number of nitrogens with one attached hydrogen (secondary N) is 3. The second kappa shape index (κ2) is 6.29. The fourth-order valence-electron chi connectivity index (χ4n) is 3.70. The third kappa shape index (κ3) is 3.13. The van der Waals surface area contributed by atoms with Gasteiger partial charge < -0.3 is 15.6 Å². The van der Waals surface area contributed by atoms with Gasteiger partial charge in [0.15, 0.2) is 0 Å². The van der Waals surface area contributed by atoms with E-state index in [0.717, 1.165) is 22.5 Å². The van der Waals surface area contributed by atoms with E-state index in [1.54, 1.807) is 6.20 Å². The number of fused-ring (bicyclic) bond motifs is 1. The van der Waals surface area contributed by atoms with Crippen LogP contribution in [-0.4, -0.2) is 23.5 Å². The summed E-state index contributed by atoms with van der Waals surface area (Å²) in [5, 5.41) is 7.63. The zero-order chi connectivity index (χ0) is 17.5. The average molecular weight is 345 g/mol. The Labute approximate surface area is 153 Å². The van der Waals surface area contributed by atoms with E-state index < -0.39 is 0 Å². The molecule has 2 saturated carbocycles. The van der Waals surface area contributed by atoms with Crippen molar-refractivity contribution in [2.24, 2.45) is 5.92 Å². The van der Waals surface area contributed by atoms with Gasteiger partial charge in [0.2, 0.25) is 0 Å². The smallest absolute Gasteiger partial charge is 0.257 e. The molecule has 0 aliphatic heterocycles. The summed E-state index contributed by atoms with van der Waals surface area (Å²) in [7, 11) is 0. The maximum absolute atomic E-state index is 12.6. The van der Waals surface area contributed by atoms with E-state index in [1.165, 1.54) is 31.4 Å². The van der Waals surface area contributed by atoms with Crippen molar-refractivity contribution in [3.8, 4) is 0 Å². The maximum Gasteiger partial charge on any atom is 0.257 e. The van der Waals surface area contributed by atoms with E-state index in [2.05, 4.69) is 27.8 Å². The number of carbonyl (C=O) groups is 1. The molecule has 1 amide bonds. The Morgan fingerprint density at radius 2 is 1.88 bits per heavy atom. The summed E-state index contributed by atoms with van der Waals surface area (Å²) < 4.78 is 0. The normalized spacial score (nSPS) is 21.7. The molecule has 4 heteroatoms. The van der Waals surface area contributed by atoms with Crippen LogP contribution in [0, 0.1) is 5.92 Å². The molecule has 1 aromatic heterocycles. The minimum Gasteiger partial charge on any atom is -0.360 e. The summed E-state index contributed by atoms with van der Waals surface area (Å²) in [4.78, 5) is 15.7. The van der Waals surface area contributed by atoms with Gasteiger partial charge in [-0.05, 0) is 55.5 Å². The van der Waals surface area contributed by atoms with Gasteiger partial charge in [-0.1, -0.05) is 30.3 Å². The molecule has 3 aromatic rings. The van der Waals surface area contributed by atoms with Crippen molar-refractivity contribution in [2.45, 2.75) is 31.2 Å². The Balaban J connectivity index is 1.23. The molecule has 2 unspecified atom stereocenters. The molecule has 0 bridgehead atoms. The van der Waals surface area contributed by atoms with E-state index in [4.69, 9.17) is 0 Å². The van der Waals surface area contributed by atoms with Crippen LogP contribution in [0.5, 0.6) is 0 Å². The summed E-state index contributed by atoms with van der Waals surface area (Å²) in [6.45, 7) is 1.18. The minimum absolute atomic E-state index is 0.0781. The lowest BCUT2D eigenvalue weighted by atomic mass is 10.1. The number of H-pyrrole nitrogens is 1. The van der Waals surface area contributed by atoms with Crippen molar-refractivity contribution in [3.05, 3.63) is 65.9 Å². The van der Waals surface area contributed by atoms with Crippen molar-refractivity contribution in [1.29, 1.82) is 0 Å². The number of rotatable bonds is 6. The summed E-state index contributed by atoms with van der Waals surface area (Å²) in [6, 6.07) is 16.8. The number of anilines is 1. The number of carbonyl (C=O) groups excluding carboxylic acids is 1. The highest BCUT2D eigenvalue weighted by atomic mass is 16.1. The Morgan fingerprint density at radius 3 is 2.69 bits per heavy atom. The van der Waals surface area contributed by atoms with Crippen LogP contribution in [-0.2, 0) is 0 Å². The first kappa shape index (κ1) is 15.6. The highest BCUT2D eigenvalue weighted by Crippen LogP contribution is 2.42. The summed E-state index contributed by atoms with van der Waals surface area (Å²) in [5.41, 5.74) is 3.86. The average Bonchev–Trinajstić information content (AvgIpc) is 3.58. The molecule has 3 N–H and O–H groups in total. The lowest BCUT2D eigenvalue weighted by Gasteiger charge is -2.07. The molecule has 26 heavy (non-hydrogen) atoms. The molecule has 132 valence electrons. The van der Waals surface area contributed by atoms with Gasteiger partial charge in [-0.2, -0.15) is 0 Å². The first-order chi connectivity index (χ1) is 12.8. The van der Waals surface area contributed by atoms with Crippen molar-refractivity contribution >= 4 is 22.5 Å². The zero-order valence-corrected chi connectivity index (χ0v) is 14.7. The van der Waals surface area contributed by atoms with Crippen LogP contribution in [0.1, 0.15) is 41.1 Å². The van der Waals surface area contributed by atoms with Gasteiger partial charge in [0.25, 0.3) is 5.91 Å². The summed E-state index contributed by atoms with van der Waals surface area (Å²) in [6.07, 6.45) is 5.80. The van der Waals surface area contributed by atoms with E-state index in [0.29, 0.717) is 17.5 Å². The van der Waals surface area contributed by atoms with Crippen molar-refractivity contribution < 1.29 is 4.79 Å². The maximum atomic E-state index is 12.6. The molecule has 2 aliphatic rings. The minimum atomic E-state index is -0.0781. The lowest BCUT2D eigenvalue weighted by molar-refractivity contribution is 0.102. The second-order valence-corrected chi connectivity index (χ2v) is 7.62. The van der Waals surface area contributed by atoms with E-state index in [-0.39, 0.29) is 5.91 Å². The Bertz CT molecular complexity index is 939. The predicted molar refractivity (Wildman–Crippen MR) is 105 cm³/mol. The highest BCUT2D eigenvalue weighted by molar-refractivity contribution is 6.12. The van der Waals surface area contributed by atoms with Crippen LogP contribution in [0.25, 0.3) is 10.9 Å². The van der Waals surface area contributed by atoms with Gasteiger partial charge in [0.05, 0.1) is 5.56 Å².